The van der Waals surface area contributed by atoms with Crippen LogP contribution in [0.5, 0.6) is 0 Å². The molecule has 0 aliphatic rings. The molecule has 3 heterocycles. The van der Waals surface area contributed by atoms with Crippen LogP contribution in [0.3, 0.4) is 0 Å². The lowest BCUT2D eigenvalue weighted by atomic mass is 10.1. The van der Waals surface area contributed by atoms with E-state index in [2.05, 4.69) is 15.1 Å². The lowest BCUT2D eigenvalue weighted by Gasteiger charge is -2.04. The minimum atomic E-state index is -0.771. The third kappa shape index (κ3) is 1.50. The average Bonchev–Trinajstić information content (AvgIpc) is 2.87. The highest BCUT2D eigenvalue weighted by Crippen LogP contribution is 2.20. The summed E-state index contributed by atoms with van der Waals surface area (Å²) in [4.78, 5) is 7.70. The Morgan fingerprint density at radius 1 is 1.22 bits per heavy atom. The number of halogens is 1. The molecule has 5 nitrogen and oxygen atoms in total. The van der Waals surface area contributed by atoms with Gasteiger partial charge in [-0.25, -0.2) is 14.5 Å². The maximum Gasteiger partial charge on any atom is 0.230 e. The van der Waals surface area contributed by atoms with Crippen molar-refractivity contribution in [3.8, 4) is 17.3 Å². The minimum absolute atomic E-state index is 0.0929. The minimum Gasteiger partial charge on any atom is -0.237 e. The van der Waals surface area contributed by atoms with Gasteiger partial charge in [-0.2, -0.15) is 14.8 Å². The van der Waals surface area contributed by atoms with Crippen LogP contribution in [0.15, 0.2) is 36.8 Å². The summed E-state index contributed by atoms with van der Waals surface area (Å²) < 4.78 is 14.8. The van der Waals surface area contributed by atoms with E-state index in [4.69, 9.17) is 5.26 Å². The van der Waals surface area contributed by atoms with Crippen molar-refractivity contribution in [3.63, 3.8) is 0 Å². The summed E-state index contributed by atoms with van der Waals surface area (Å²) in [5, 5.41) is 12.9. The van der Waals surface area contributed by atoms with Gasteiger partial charge in [0.05, 0.1) is 11.9 Å². The van der Waals surface area contributed by atoms with E-state index in [0.717, 1.165) is 0 Å². The highest BCUT2D eigenvalue weighted by atomic mass is 19.1. The summed E-state index contributed by atoms with van der Waals surface area (Å²) in [5.74, 6) is -0.771. The van der Waals surface area contributed by atoms with Crippen molar-refractivity contribution < 1.29 is 4.39 Å². The Morgan fingerprint density at radius 3 is 2.94 bits per heavy atom. The molecule has 0 saturated carbocycles. The third-order valence-corrected chi connectivity index (χ3v) is 2.55. The fourth-order valence-corrected chi connectivity index (χ4v) is 1.72. The van der Waals surface area contributed by atoms with Crippen LogP contribution in [0.1, 0.15) is 5.56 Å². The first-order chi connectivity index (χ1) is 8.79. The molecule has 6 heteroatoms. The molecule has 0 radical (unpaired) electrons. The quantitative estimate of drug-likeness (QED) is 0.607. The second kappa shape index (κ2) is 3.89. The van der Waals surface area contributed by atoms with Gasteiger partial charge in [-0.05, 0) is 12.1 Å². The van der Waals surface area contributed by atoms with Crippen LogP contribution in [0, 0.1) is 17.3 Å². The lowest BCUT2D eigenvalue weighted by molar-refractivity contribution is 0.580. The number of nitrogens with zero attached hydrogens (tertiary/aromatic N) is 5. The van der Waals surface area contributed by atoms with Gasteiger partial charge in [0.2, 0.25) is 5.95 Å². The maximum atomic E-state index is 13.2. The maximum absolute atomic E-state index is 13.2. The molecule has 0 aliphatic carbocycles. The van der Waals surface area contributed by atoms with Crippen molar-refractivity contribution in [3.05, 3.63) is 48.3 Å². The van der Waals surface area contributed by atoms with Crippen LogP contribution in [0.25, 0.3) is 16.9 Å². The fraction of sp³-hybridized carbons (Fsp3) is 0. The Kier molecular flexibility index (Phi) is 2.24. The van der Waals surface area contributed by atoms with Gasteiger partial charge in [0.15, 0.2) is 5.65 Å². The molecule has 0 unspecified atom stereocenters. The number of hydrogen-bond donors (Lipinski definition) is 0. The molecule has 0 amide bonds. The highest BCUT2D eigenvalue weighted by molar-refractivity contribution is 5.62. The van der Waals surface area contributed by atoms with E-state index >= 15 is 0 Å². The SMILES string of the molecule is N#Cc1cc(-c2ccnc3ccnn23)cnc1F. The number of aromatic nitrogens is 4. The van der Waals surface area contributed by atoms with Crippen molar-refractivity contribution in [2.75, 3.05) is 0 Å². The molecule has 3 aromatic rings. The predicted molar refractivity (Wildman–Crippen MR) is 60.9 cm³/mol. The smallest absolute Gasteiger partial charge is 0.230 e. The molecule has 3 aromatic heterocycles. The zero-order valence-corrected chi connectivity index (χ0v) is 9.08. The van der Waals surface area contributed by atoms with Crippen molar-refractivity contribution >= 4 is 5.65 Å². The Bertz CT molecular complexity index is 771. The van der Waals surface area contributed by atoms with Gasteiger partial charge in [-0.1, -0.05) is 0 Å². The van der Waals surface area contributed by atoms with E-state index in [1.165, 1.54) is 12.3 Å². The zero-order valence-electron chi connectivity index (χ0n) is 9.08. The highest BCUT2D eigenvalue weighted by Gasteiger charge is 2.09. The van der Waals surface area contributed by atoms with Gasteiger partial charge in [-0.15, -0.1) is 0 Å². The molecule has 0 aromatic carbocycles. The van der Waals surface area contributed by atoms with Crippen molar-refractivity contribution in [1.82, 2.24) is 19.6 Å². The van der Waals surface area contributed by atoms with Crippen LogP contribution in [0.2, 0.25) is 0 Å². The molecule has 0 saturated heterocycles. The first-order valence-electron chi connectivity index (χ1n) is 5.14. The summed E-state index contributed by atoms with van der Waals surface area (Å²) in [6.07, 6.45) is 4.61. The van der Waals surface area contributed by atoms with E-state index in [0.29, 0.717) is 16.9 Å². The van der Waals surface area contributed by atoms with Gasteiger partial charge in [-0.3, -0.25) is 0 Å². The molecular weight excluding hydrogens is 233 g/mol. The summed E-state index contributed by atoms with van der Waals surface area (Å²) in [6, 6.07) is 6.70. The molecule has 0 fully saturated rings. The van der Waals surface area contributed by atoms with E-state index < -0.39 is 5.95 Å². The fourth-order valence-electron chi connectivity index (χ4n) is 1.72. The van der Waals surface area contributed by atoms with Crippen molar-refractivity contribution in [2.24, 2.45) is 0 Å². The van der Waals surface area contributed by atoms with Crippen LogP contribution in [0.4, 0.5) is 4.39 Å². The largest absolute Gasteiger partial charge is 0.237 e. The lowest BCUT2D eigenvalue weighted by Crippen LogP contribution is -1.97. The van der Waals surface area contributed by atoms with E-state index in [1.54, 1.807) is 35.1 Å². The third-order valence-electron chi connectivity index (χ3n) is 2.55. The summed E-state index contributed by atoms with van der Waals surface area (Å²) in [7, 11) is 0. The Hall–Kier alpha value is -2.81. The number of nitriles is 1. The second-order valence-electron chi connectivity index (χ2n) is 3.61. The van der Waals surface area contributed by atoms with Crippen LogP contribution >= 0.6 is 0 Å². The molecule has 18 heavy (non-hydrogen) atoms. The number of rotatable bonds is 1. The van der Waals surface area contributed by atoms with Crippen LogP contribution in [-0.2, 0) is 0 Å². The standard InChI is InChI=1S/C12H6FN5/c13-12-8(6-14)5-9(7-16-12)10-1-3-15-11-2-4-17-18(10)11/h1-5,7H. The Labute approximate surface area is 101 Å². The first kappa shape index (κ1) is 10.4. The van der Waals surface area contributed by atoms with E-state index in [1.807, 2.05) is 0 Å². The second-order valence-corrected chi connectivity index (χ2v) is 3.61. The number of fused-ring (bicyclic) bond motifs is 1. The monoisotopic (exact) mass is 239 g/mol. The molecule has 0 atom stereocenters. The summed E-state index contributed by atoms with van der Waals surface area (Å²) in [5.41, 5.74) is 1.90. The molecule has 0 spiro atoms. The Balaban J connectivity index is 2.27. The van der Waals surface area contributed by atoms with E-state index in [-0.39, 0.29) is 5.56 Å². The van der Waals surface area contributed by atoms with E-state index in [9.17, 15) is 4.39 Å². The number of hydrogen-bond acceptors (Lipinski definition) is 4. The van der Waals surface area contributed by atoms with Gasteiger partial charge >= 0.3 is 0 Å². The molecule has 3 rings (SSSR count). The molecule has 0 aliphatic heterocycles. The van der Waals surface area contributed by atoms with Crippen LogP contribution < -0.4 is 0 Å². The predicted octanol–water partition coefficient (Wildman–Crippen LogP) is 1.80. The molecular formula is C12H6FN5. The topological polar surface area (TPSA) is 66.9 Å². The molecule has 0 bridgehead atoms. The molecule has 86 valence electrons. The first-order valence-corrected chi connectivity index (χ1v) is 5.14. The summed E-state index contributed by atoms with van der Waals surface area (Å²) in [6.45, 7) is 0. The average molecular weight is 239 g/mol. The number of pyridine rings is 1. The Morgan fingerprint density at radius 2 is 2.11 bits per heavy atom. The van der Waals surface area contributed by atoms with Gasteiger partial charge in [0.25, 0.3) is 0 Å². The van der Waals surface area contributed by atoms with Gasteiger partial charge < -0.3 is 0 Å². The van der Waals surface area contributed by atoms with Gasteiger partial charge in [0.1, 0.15) is 11.6 Å². The molecule has 0 N–H and O–H groups in total. The zero-order chi connectivity index (χ0) is 12.5. The summed E-state index contributed by atoms with van der Waals surface area (Å²) >= 11 is 0. The van der Waals surface area contributed by atoms with Crippen molar-refractivity contribution in [1.29, 1.82) is 5.26 Å². The van der Waals surface area contributed by atoms with Crippen molar-refractivity contribution in [2.45, 2.75) is 0 Å². The normalized spacial score (nSPS) is 10.4. The van der Waals surface area contributed by atoms with Gasteiger partial charge in [0, 0.05) is 24.0 Å². The van der Waals surface area contributed by atoms with Crippen LogP contribution in [-0.4, -0.2) is 19.6 Å².